The molecule has 0 radical (unpaired) electrons. The van der Waals surface area contributed by atoms with Crippen LogP contribution in [0.5, 0.6) is 0 Å². The predicted octanol–water partition coefficient (Wildman–Crippen LogP) is 5.93. The molecule has 0 amide bonds. The van der Waals surface area contributed by atoms with Crippen molar-refractivity contribution in [2.24, 2.45) is 0 Å². The van der Waals surface area contributed by atoms with Crippen molar-refractivity contribution in [1.82, 2.24) is 5.32 Å². The largest absolute Gasteiger partial charge is 0.303 e. The molecule has 4 heteroatoms. The van der Waals surface area contributed by atoms with Crippen molar-refractivity contribution in [1.29, 1.82) is 0 Å². The summed E-state index contributed by atoms with van der Waals surface area (Å²) in [7, 11) is 0. The van der Waals surface area contributed by atoms with Gasteiger partial charge < -0.3 is 5.32 Å². The predicted molar refractivity (Wildman–Crippen MR) is 87.4 cm³/mol. The molecule has 1 nitrogen and oxygen atoms in total. The lowest BCUT2D eigenvalue weighted by atomic mass is 10.0. The second kappa shape index (κ2) is 7.26. The number of halogens is 3. The smallest absolute Gasteiger partial charge is 0.123 e. The first-order chi connectivity index (χ1) is 10.0. The summed E-state index contributed by atoms with van der Waals surface area (Å²) in [6.07, 6.45) is 0.914. The highest BCUT2D eigenvalue weighted by Gasteiger charge is 2.14. The van der Waals surface area contributed by atoms with E-state index in [2.05, 4.69) is 19.2 Å². The van der Waals surface area contributed by atoms with Crippen LogP contribution < -0.4 is 5.32 Å². The molecular weight excluding hydrogens is 308 g/mol. The van der Waals surface area contributed by atoms with E-state index in [0.29, 0.717) is 10.0 Å². The Hall–Kier alpha value is -1.09. The monoisotopic (exact) mass is 325 g/mol. The zero-order chi connectivity index (χ0) is 15.4. The molecule has 0 spiro atoms. The van der Waals surface area contributed by atoms with Crippen molar-refractivity contribution in [2.75, 3.05) is 0 Å². The first-order valence-corrected chi connectivity index (χ1v) is 7.73. The lowest BCUT2D eigenvalue weighted by molar-refractivity contribution is 0.456. The van der Waals surface area contributed by atoms with Gasteiger partial charge in [0.1, 0.15) is 5.82 Å². The van der Waals surface area contributed by atoms with Crippen LogP contribution in [0.15, 0.2) is 42.5 Å². The molecule has 0 aromatic heterocycles. The normalized spacial score (nSPS) is 14.0. The minimum Gasteiger partial charge on any atom is -0.303 e. The summed E-state index contributed by atoms with van der Waals surface area (Å²) in [4.78, 5) is 0. The first-order valence-electron chi connectivity index (χ1n) is 6.97. The van der Waals surface area contributed by atoms with Gasteiger partial charge in [0.05, 0.1) is 10.0 Å². The van der Waals surface area contributed by atoms with Crippen molar-refractivity contribution in [2.45, 2.75) is 32.4 Å². The summed E-state index contributed by atoms with van der Waals surface area (Å²) < 4.78 is 13.0. The molecular formula is C17H18Cl2FN. The van der Waals surface area contributed by atoms with Crippen molar-refractivity contribution < 1.29 is 4.39 Å². The van der Waals surface area contributed by atoms with Gasteiger partial charge in [-0.2, -0.15) is 0 Å². The van der Waals surface area contributed by atoms with Gasteiger partial charge >= 0.3 is 0 Å². The third kappa shape index (κ3) is 4.19. The molecule has 2 aromatic carbocycles. The Morgan fingerprint density at radius 2 is 1.62 bits per heavy atom. The lowest BCUT2D eigenvalue weighted by Gasteiger charge is -2.23. The highest BCUT2D eigenvalue weighted by atomic mass is 35.5. The van der Waals surface area contributed by atoms with E-state index in [0.717, 1.165) is 17.5 Å². The Morgan fingerprint density at radius 3 is 2.19 bits per heavy atom. The maximum Gasteiger partial charge on any atom is 0.123 e. The summed E-state index contributed by atoms with van der Waals surface area (Å²) >= 11 is 12.0. The van der Waals surface area contributed by atoms with Gasteiger partial charge in [0.15, 0.2) is 0 Å². The third-order valence-electron chi connectivity index (χ3n) is 3.58. The molecule has 2 atom stereocenters. The Bertz CT molecular complexity index is 598. The van der Waals surface area contributed by atoms with Crippen LogP contribution in [-0.4, -0.2) is 0 Å². The Morgan fingerprint density at radius 1 is 1.00 bits per heavy atom. The average Bonchev–Trinajstić information content (AvgIpc) is 2.48. The molecule has 0 fully saturated rings. The van der Waals surface area contributed by atoms with E-state index in [1.54, 1.807) is 6.07 Å². The Balaban J connectivity index is 2.13. The summed E-state index contributed by atoms with van der Waals surface area (Å²) in [6, 6.07) is 12.5. The topological polar surface area (TPSA) is 12.0 Å². The third-order valence-corrected chi connectivity index (χ3v) is 4.31. The molecule has 0 saturated carbocycles. The fourth-order valence-corrected chi connectivity index (χ4v) is 2.63. The van der Waals surface area contributed by atoms with E-state index in [-0.39, 0.29) is 17.9 Å². The van der Waals surface area contributed by atoms with Crippen molar-refractivity contribution in [3.63, 3.8) is 0 Å². The van der Waals surface area contributed by atoms with Gasteiger partial charge in [0, 0.05) is 12.1 Å². The van der Waals surface area contributed by atoms with Crippen LogP contribution >= 0.6 is 23.2 Å². The van der Waals surface area contributed by atoms with Crippen LogP contribution in [0.1, 0.15) is 43.5 Å². The minimum absolute atomic E-state index is 0.120. The van der Waals surface area contributed by atoms with Crippen LogP contribution in [-0.2, 0) is 0 Å². The molecule has 0 saturated heterocycles. The quantitative estimate of drug-likeness (QED) is 0.717. The molecule has 0 aliphatic heterocycles. The van der Waals surface area contributed by atoms with E-state index in [1.807, 2.05) is 24.3 Å². The summed E-state index contributed by atoms with van der Waals surface area (Å²) in [6.45, 7) is 4.17. The van der Waals surface area contributed by atoms with E-state index in [1.165, 1.54) is 12.1 Å². The van der Waals surface area contributed by atoms with Crippen LogP contribution in [0.2, 0.25) is 10.0 Å². The van der Waals surface area contributed by atoms with Crippen molar-refractivity contribution in [3.8, 4) is 0 Å². The van der Waals surface area contributed by atoms with Crippen LogP contribution in [0.4, 0.5) is 4.39 Å². The zero-order valence-electron chi connectivity index (χ0n) is 12.0. The van der Waals surface area contributed by atoms with Gasteiger partial charge in [0.2, 0.25) is 0 Å². The number of rotatable bonds is 5. The van der Waals surface area contributed by atoms with Gasteiger partial charge in [0.25, 0.3) is 0 Å². The van der Waals surface area contributed by atoms with Gasteiger partial charge in [-0.15, -0.1) is 0 Å². The number of hydrogen-bond acceptors (Lipinski definition) is 1. The second-order valence-electron chi connectivity index (χ2n) is 5.07. The maximum absolute atomic E-state index is 13.0. The maximum atomic E-state index is 13.0. The molecule has 0 heterocycles. The van der Waals surface area contributed by atoms with Crippen LogP contribution in [0.3, 0.4) is 0 Å². The van der Waals surface area contributed by atoms with Gasteiger partial charge in [-0.05, 0) is 48.7 Å². The SMILES string of the molecule is CCC(NC(C)c1ccc(Cl)c(Cl)c1)c1ccc(F)cc1. The highest BCUT2D eigenvalue weighted by molar-refractivity contribution is 6.42. The molecule has 21 heavy (non-hydrogen) atoms. The molecule has 0 aliphatic carbocycles. The summed E-state index contributed by atoms with van der Waals surface area (Å²) in [5.41, 5.74) is 2.15. The summed E-state index contributed by atoms with van der Waals surface area (Å²) in [5, 5.41) is 4.65. The first kappa shape index (κ1) is 16.3. The number of hydrogen-bond donors (Lipinski definition) is 1. The van der Waals surface area contributed by atoms with Crippen LogP contribution in [0.25, 0.3) is 0 Å². The molecule has 112 valence electrons. The van der Waals surface area contributed by atoms with Gasteiger partial charge in [-0.25, -0.2) is 4.39 Å². The van der Waals surface area contributed by atoms with E-state index < -0.39 is 0 Å². The lowest BCUT2D eigenvalue weighted by Crippen LogP contribution is -2.24. The fourth-order valence-electron chi connectivity index (χ4n) is 2.32. The molecule has 2 rings (SSSR count). The number of nitrogens with one attached hydrogen (secondary N) is 1. The fraction of sp³-hybridized carbons (Fsp3) is 0.294. The van der Waals surface area contributed by atoms with Crippen molar-refractivity contribution >= 4 is 23.2 Å². The molecule has 2 aromatic rings. The zero-order valence-corrected chi connectivity index (χ0v) is 13.5. The number of benzene rings is 2. The molecule has 0 aliphatic rings. The Labute approximate surface area is 135 Å². The average molecular weight is 326 g/mol. The second-order valence-corrected chi connectivity index (χ2v) is 5.89. The van der Waals surface area contributed by atoms with E-state index >= 15 is 0 Å². The standard InChI is InChI=1S/C17H18Cl2FN/c1-3-17(12-4-7-14(20)8-5-12)21-11(2)13-6-9-15(18)16(19)10-13/h4-11,17,21H,3H2,1-2H3. The molecule has 1 N–H and O–H groups in total. The van der Waals surface area contributed by atoms with Crippen molar-refractivity contribution in [3.05, 3.63) is 69.5 Å². The highest BCUT2D eigenvalue weighted by Crippen LogP contribution is 2.27. The molecule has 2 unspecified atom stereocenters. The van der Waals surface area contributed by atoms with Gasteiger partial charge in [-0.3, -0.25) is 0 Å². The van der Waals surface area contributed by atoms with E-state index in [4.69, 9.17) is 23.2 Å². The van der Waals surface area contributed by atoms with Crippen LogP contribution in [0, 0.1) is 5.82 Å². The Kier molecular flexibility index (Phi) is 5.63. The minimum atomic E-state index is -0.217. The van der Waals surface area contributed by atoms with E-state index in [9.17, 15) is 4.39 Å². The molecule has 0 bridgehead atoms. The summed E-state index contributed by atoms with van der Waals surface area (Å²) in [5.74, 6) is -0.217. The van der Waals surface area contributed by atoms with Gasteiger partial charge in [-0.1, -0.05) is 48.3 Å².